The van der Waals surface area contributed by atoms with E-state index in [9.17, 15) is 4.21 Å². The molecule has 0 saturated carbocycles. The quantitative estimate of drug-likeness (QED) is 0.725. The maximum Gasteiger partial charge on any atom is 0.144 e. The van der Waals surface area contributed by atoms with Gasteiger partial charge in [-0.1, -0.05) is 12.1 Å². The minimum Gasteiger partial charge on any atom is -0.234 e. The highest BCUT2D eigenvalue weighted by molar-refractivity contribution is 7.85. The molecule has 1 aromatic carbocycles. The molecule has 1 aliphatic carbocycles. The lowest BCUT2D eigenvalue weighted by Crippen LogP contribution is -2.19. The van der Waals surface area contributed by atoms with E-state index in [1.807, 2.05) is 26.8 Å². The van der Waals surface area contributed by atoms with E-state index in [0.29, 0.717) is 0 Å². The summed E-state index contributed by atoms with van der Waals surface area (Å²) in [6, 6.07) is 6.32. The number of benzene rings is 1. The zero-order chi connectivity index (χ0) is 11.8. The maximum absolute atomic E-state index is 11.7. The molecule has 0 aromatic heterocycles. The lowest BCUT2D eigenvalue weighted by molar-refractivity contribution is 0.651. The van der Waals surface area contributed by atoms with E-state index in [1.54, 1.807) is 6.21 Å². The molecule has 0 N–H and O–H groups in total. The van der Waals surface area contributed by atoms with Crippen LogP contribution in [-0.4, -0.2) is 15.2 Å². The molecule has 1 aromatic rings. The van der Waals surface area contributed by atoms with Crippen LogP contribution in [-0.2, 0) is 23.8 Å². The van der Waals surface area contributed by atoms with E-state index in [0.717, 1.165) is 5.56 Å². The molecule has 16 heavy (non-hydrogen) atoms. The monoisotopic (exact) mass is 235 g/mol. The van der Waals surface area contributed by atoms with Gasteiger partial charge in [0.25, 0.3) is 0 Å². The van der Waals surface area contributed by atoms with Crippen molar-refractivity contribution in [3.63, 3.8) is 0 Å². The van der Waals surface area contributed by atoms with E-state index in [-0.39, 0.29) is 4.75 Å². The van der Waals surface area contributed by atoms with Gasteiger partial charge in [0.2, 0.25) is 0 Å². The first-order valence-electron chi connectivity index (χ1n) is 5.55. The lowest BCUT2D eigenvalue weighted by atomic mass is 9.87. The van der Waals surface area contributed by atoms with Gasteiger partial charge in [-0.25, -0.2) is 4.21 Å². The first-order chi connectivity index (χ1) is 7.47. The molecule has 1 atom stereocenters. The topological polar surface area (TPSA) is 29.4 Å². The van der Waals surface area contributed by atoms with Gasteiger partial charge in [-0.15, -0.1) is 0 Å². The molecule has 0 fully saturated rings. The number of fused-ring (bicyclic) bond motifs is 1. The highest BCUT2D eigenvalue weighted by Crippen LogP contribution is 2.23. The third kappa shape index (κ3) is 2.40. The van der Waals surface area contributed by atoms with Crippen LogP contribution in [0.1, 0.15) is 37.5 Å². The van der Waals surface area contributed by atoms with Crippen molar-refractivity contribution in [2.45, 2.75) is 38.4 Å². The Morgan fingerprint density at radius 3 is 2.44 bits per heavy atom. The van der Waals surface area contributed by atoms with Gasteiger partial charge in [0.15, 0.2) is 0 Å². The van der Waals surface area contributed by atoms with Gasteiger partial charge in [0, 0.05) is 6.21 Å². The van der Waals surface area contributed by atoms with Crippen molar-refractivity contribution < 1.29 is 4.21 Å². The van der Waals surface area contributed by atoms with Crippen molar-refractivity contribution in [1.29, 1.82) is 0 Å². The molecule has 1 aliphatic rings. The summed E-state index contributed by atoms with van der Waals surface area (Å²) in [6.07, 6.45) is 4.08. The number of hydrogen-bond donors (Lipinski definition) is 0. The molecule has 0 saturated heterocycles. The Hall–Kier alpha value is -0.960. The Labute approximate surface area is 99.4 Å². The zero-order valence-corrected chi connectivity index (χ0v) is 10.8. The van der Waals surface area contributed by atoms with Crippen LogP contribution < -0.4 is 0 Å². The number of hydrogen-bond acceptors (Lipinski definition) is 1. The summed E-state index contributed by atoms with van der Waals surface area (Å²) in [7, 11) is -1.16. The molecule has 0 amide bonds. The van der Waals surface area contributed by atoms with Crippen LogP contribution in [0.4, 0.5) is 0 Å². The summed E-state index contributed by atoms with van der Waals surface area (Å²) in [5.74, 6) is 0. The standard InChI is InChI=1S/C13H17NOS/c1-13(2,3)16(15)14-9-10-4-5-11-6-7-12(11)8-10/h4-5,8-9H,6-7H2,1-3H3/t16-/m1/s1. The highest BCUT2D eigenvalue weighted by Gasteiger charge is 2.18. The second kappa shape index (κ2) is 4.13. The number of aryl methyl sites for hydroxylation is 2. The summed E-state index contributed by atoms with van der Waals surface area (Å²) in [4.78, 5) is 0. The Bertz CT molecular complexity index is 457. The molecule has 3 heteroatoms. The average molecular weight is 235 g/mol. The molecule has 2 nitrogen and oxygen atoms in total. The van der Waals surface area contributed by atoms with Crippen molar-refractivity contribution in [1.82, 2.24) is 0 Å². The van der Waals surface area contributed by atoms with Gasteiger partial charge in [0.1, 0.15) is 11.0 Å². The molecule has 0 aliphatic heterocycles. The first kappa shape index (κ1) is 11.5. The van der Waals surface area contributed by atoms with E-state index in [2.05, 4.69) is 16.5 Å². The second-order valence-corrected chi connectivity index (χ2v) is 7.06. The maximum atomic E-state index is 11.7. The minimum atomic E-state index is -1.16. The van der Waals surface area contributed by atoms with Crippen molar-refractivity contribution in [3.05, 3.63) is 34.9 Å². The molecular formula is C13H17NOS. The smallest absolute Gasteiger partial charge is 0.144 e. The van der Waals surface area contributed by atoms with Gasteiger partial charge < -0.3 is 0 Å². The number of rotatable bonds is 2. The minimum absolute atomic E-state index is 0.281. The summed E-state index contributed by atoms with van der Waals surface area (Å²) >= 11 is 0. The van der Waals surface area contributed by atoms with E-state index in [1.165, 1.54) is 24.0 Å². The predicted molar refractivity (Wildman–Crippen MR) is 69.3 cm³/mol. The van der Waals surface area contributed by atoms with Crippen molar-refractivity contribution >= 4 is 17.2 Å². The summed E-state index contributed by atoms with van der Waals surface area (Å²) in [5.41, 5.74) is 3.90. The summed E-state index contributed by atoms with van der Waals surface area (Å²) in [5, 5.41) is 0. The largest absolute Gasteiger partial charge is 0.234 e. The van der Waals surface area contributed by atoms with E-state index in [4.69, 9.17) is 0 Å². The SMILES string of the molecule is CC(C)(C)[S@@](=O)N=Cc1ccc2c(c1)CC2. The second-order valence-electron chi connectivity index (χ2n) is 5.12. The van der Waals surface area contributed by atoms with Crippen LogP contribution in [0.25, 0.3) is 0 Å². The predicted octanol–water partition coefficient (Wildman–Crippen LogP) is 2.67. The van der Waals surface area contributed by atoms with E-state index >= 15 is 0 Å². The van der Waals surface area contributed by atoms with Crippen molar-refractivity contribution in [3.8, 4) is 0 Å². The van der Waals surface area contributed by atoms with Gasteiger partial charge in [-0.2, -0.15) is 4.40 Å². The van der Waals surface area contributed by atoms with Gasteiger partial charge in [0.05, 0.1) is 4.75 Å². The third-order valence-electron chi connectivity index (χ3n) is 2.72. The van der Waals surface area contributed by atoms with Gasteiger partial charge in [-0.3, -0.25) is 0 Å². The fraction of sp³-hybridized carbons (Fsp3) is 0.462. The van der Waals surface area contributed by atoms with Crippen molar-refractivity contribution in [2.75, 3.05) is 0 Å². The van der Waals surface area contributed by atoms with Crippen molar-refractivity contribution in [2.24, 2.45) is 4.40 Å². The van der Waals surface area contributed by atoms with Crippen LogP contribution in [0.5, 0.6) is 0 Å². The van der Waals surface area contributed by atoms with E-state index < -0.39 is 11.0 Å². The third-order valence-corrected chi connectivity index (χ3v) is 4.06. The molecule has 0 unspecified atom stereocenters. The molecule has 0 spiro atoms. The van der Waals surface area contributed by atoms with Crippen LogP contribution in [0, 0.1) is 0 Å². The summed E-state index contributed by atoms with van der Waals surface area (Å²) in [6.45, 7) is 5.79. The van der Waals surface area contributed by atoms with Crippen LogP contribution in [0.15, 0.2) is 22.6 Å². The fourth-order valence-corrected chi connectivity index (χ4v) is 2.10. The molecule has 0 radical (unpaired) electrons. The Morgan fingerprint density at radius 2 is 1.94 bits per heavy atom. The first-order valence-corrected chi connectivity index (χ1v) is 6.65. The fourth-order valence-electron chi connectivity index (χ4n) is 1.56. The van der Waals surface area contributed by atoms with Gasteiger partial charge in [-0.05, 0) is 56.4 Å². The summed E-state index contributed by atoms with van der Waals surface area (Å²) < 4.78 is 15.5. The van der Waals surface area contributed by atoms with Gasteiger partial charge >= 0.3 is 0 Å². The Kier molecular flexibility index (Phi) is 2.98. The molecule has 2 rings (SSSR count). The highest BCUT2D eigenvalue weighted by atomic mass is 32.2. The molecular weight excluding hydrogens is 218 g/mol. The van der Waals surface area contributed by atoms with Crippen LogP contribution >= 0.6 is 0 Å². The number of nitrogens with zero attached hydrogens (tertiary/aromatic N) is 1. The molecule has 0 bridgehead atoms. The van der Waals surface area contributed by atoms with Crippen LogP contribution in [0.2, 0.25) is 0 Å². The zero-order valence-electron chi connectivity index (χ0n) is 9.99. The normalized spacial score (nSPS) is 16.9. The molecule has 0 heterocycles. The Morgan fingerprint density at radius 1 is 1.25 bits per heavy atom. The van der Waals surface area contributed by atoms with Crippen LogP contribution in [0.3, 0.4) is 0 Å². The molecule has 86 valence electrons. The average Bonchev–Trinajstić information content (AvgIpc) is 2.16. The Balaban J connectivity index is 2.12. The lowest BCUT2D eigenvalue weighted by Gasteiger charge is -2.18.